The normalized spacial score (nSPS) is 13.2. The molecule has 0 unspecified atom stereocenters. The maximum Gasteiger partial charge on any atom is 0.309 e. The van der Waals surface area contributed by atoms with E-state index < -0.39 is 60.1 Å². The molecule has 0 aliphatic rings. The lowest BCUT2D eigenvalue weighted by atomic mass is 9.86. The number of Topliss-reactive ketones (excluding diaryl/α,β-unsaturated/α-hetero) is 1. The Bertz CT molecular complexity index is 1570. The second kappa shape index (κ2) is 17.9. The van der Waals surface area contributed by atoms with Crippen molar-refractivity contribution in [3.63, 3.8) is 0 Å². The van der Waals surface area contributed by atoms with Crippen LogP contribution in [0.3, 0.4) is 0 Å². The number of ether oxygens (including phenoxy) is 3. The number of hydrogen-bond donors (Lipinski definition) is 1. The van der Waals surface area contributed by atoms with E-state index >= 15 is 0 Å². The fourth-order valence-corrected chi connectivity index (χ4v) is 5.26. The first-order chi connectivity index (χ1) is 22.8. The lowest BCUT2D eigenvalue weighted by Crippen LogP contribution is -2.47. The Kier molecular flexibility index (Phi) is 14.1. The van der Waals surface area contributed by atoms with Crippen LogP contribution in [-0.2, 0) is 51.2 Å². The maximum atomic E-state index is 14.0. The highest BCUT2D eigenvalue weighted by Crippen LogP contribution is 2.24. The number of ketones is 1. The summed E-state index contributed by atoms with van der Waals surface area (Å²) in [6.45, 7) is 12.4. The highest BCUT2D eigenvalue weighted by Gasteiger charge is 2.34. The van der Waals surface area contributed by atoms with Crippen molar-refractivity contribution in [3.05, 3.63) is 96.6 Å². The topological polar surface area (TPSA) is 125 Å². The van der Waals surface area contributed by atoms with Crippen LogP contribution in [0.4, 0.5) is 0 Å². The first-order valence-electron chi connectivity index (χ1n) is 16.3. The van der Waals surface area contributed by atoms with Crippen LogP contribution in [0.2, 0.25) is 0 Å². The first-order valence-corrected chi connectivity index (χ1v) is 16.3. The number of hydrogen-bond acceptors (Lipinski definition) is 8. The minimum Gasteiger partial charge on any atom is -0.461 e. The van der Waals surface area contributed by atoms with E-state index in [0.29, 0.717) is 0 Å². The third-order valence-electron chi connectivity index (χ3n) is 7.74. The van der Waals surface area contributed by atoms with Crippen LogP contribution in [0.5, 0.6) is 0 Å². The van der Waals surface area contributed by atoms with Gasteiger partial charge in [-0.25, -0.2) is 0 Å². The van der Waals surface area contributed by atoms with Gasteiger partial charge in [-0.2, -0.15) is 0 Å². The van der Waals surface area contributed by atoms with Gasteiger partial charge in [0.2, 0.25) is 5.91 Å². The summed E-state index contributed by atoms with van der Waals surface area (Å²) in [4.78, 5) is 66.7. The second-order valence-electron chi connectivity index (χ2n) is 13.2. The Balaban J connectivity index is 1.90. The van der Waals surface area contributed by atoms with Gasteiger partial charge in [-0.3, -0.25) is 24.0 Å². The van der Waals surface area contributed by atoms with Gasteiger partial charge < -0.3 is 19.5 Å². The van der Waals surface area contributed by atoms with Crippen molar-refractivity contribution < 1.29 is 38.2 Å². The average Bonchev–Trinajstić information content (AvgIpc) is 3.04. The summed E-state index contributed by atoms with van der Waals surface area (Å²) < 4.78 is 16.2. The number of rotatable bonds is 17. The van der Waals surface area contributed by atoms with E-state index in [1.807, 2.05) is 74.5 Å². The smallest absolute Gasteiger partial charge is 0.309 e. The largest absolute Gasteiger partial charge is 0.461 e. The quantitative estimate of drug-likeness (QED) is 0.102. The molecule has 48 heavy (non-hydrogen) atoms. The van der Waals surface area contributed by atoms with Crippen molar-refractivity contribution in [1.82, 2.24) is 5.32 Å². The Labute approximate surface area is 283 Å². The molecule has 0 radical (unpaired) electrons. The minimum absolute atomic E-state index is 0.00118. The van der Waals surface area contributed by atoms with E-state index in [4.69, 9.17) is 14.2 Å². The van der Waals surface area contributed by atoms with Gasteiger partial charge in [0.1, 0.15) is 18.8 Å². The van der Waals surface area contributed by atoms with E-state index in [1.165, 1.54) is 6.08 Å². The summed E-state index contributed by atoms with van der Waals surface area (Å²) >= 11 is 0. The molecule has 9 nitrogen and oxygen atoms in total. The highest BCUT2D eigenvalue weighted by molar-refractivity contribution is 5.95. The molecular weight excluding hydrogens is 610 g/mol. The average molecular weight is 658 g/mol. The SMILES string of the molecule is C=CCOC(=O)[C@@H](CC(=O)[C@H](Cc1cccc2ccccc12)NC(=O)[C@@H](CC(=O)OCc1ccccc1)CC(=O)OC(C)(C)C)C(C)C. The molecule has 0 bridgehead atoms. The van der Waals surface area contributed by atoms with E-state index in [9.17, 15) is 24.0 Å². The van der Waals surface area contributed by atoms with Gasteiger partial charge in [0.25, 0.3) is 0 Å². The van der Waals surface area contributed by atoms with E-state index in [1.54, 1.807) is 32.9 Å². The molecule has 0 heterocycles. The fraction of sp³-hybridized carbons (Fsp3) is 0.410. The summed E-state index contributed by atoms with van der Waals surface area (Å²) in [6, 6.07) is 21.4. The summed E-state index contributed by atoms with van der Waals surface area (Å²) in [7, 11) is 0. The molecule has 0 spiro atoms. The lowest BCUT2D eigenvalue weighted by molar-refractivity contribution is -0.158. The summed E-state index contributed by atoms with van der Waals surface area (Å²) in [6.07, 6.45) is 0.586. The number of carbonyl (C=O) groups excluding carboxylic acids is 5. The zero-order valence-electron chi connectivity index (χ0n) is 28.5. The second-order valence-corrected chi connectivity index (χ2v) is 13.2. The van der Waals surface area contributed by atoms with E-state index in [-0.39, 0.29) is 37.8 Å². The fourth-order valence-electron chi connectivity index (χ4n) is 5.26. The molecule has 3 aromatic rings. The zero-order chi connectivity index (χ0) is 35.3. The van der Waals surface area contributed by atoms with E-state index in [2.05, 4.69) is 11.9 Å². The van der Waals surface area contributed by atoms with Crippen molar-refractivity contribution in [3.8, 4) is 0 Å². The molecular formula is C39H47NO8. The van der Waals surface area contributed by atoms with Crippen molar-refractivity contribution in [2.24, 2.45) is 17.8 Å². The summed E-state index contributed by atoms with van der Waals surface area (Å²) in [5.74, 6) is -5.08. The Morgan fingerprint density at radius 2 is 1.46 bits per heavy atom. The van der Waals surface area contributed by atoms with Gasteiger partial charge in [0, 0.05) is 12.8 Å². The Morgan fingerprint density at radius 1 is 0.812 bits per heavy atom. The maximum absolute atomic E-state index is 14.0. The van der Waals surface area contributed by atoms with Crippen LogP contribution in [-0.4, -0.2) is 47.8 Å². The predicted octanol–water partition coefficient (Wildman–Crippen LogP) is 6.31. The van der Waals surface area contributed by atoms with Gasteiger partial charge >= 0.3 is 17.9 Å². The molecule has 1 N–H and O–H groups in total. The number of amides is 1. The molecule has 3 rings (SSSR count). The van der Waals surface area contributed by atoms with Gasteiger partial charge in [0.05, 0.1) is 30.7 Å². The minimum atomic E-state index is -1.18. The van der Waals surface area contributed by atoms with Crippen molar-refractivity contribution in [2.75, 3.05) is 6.61 Å². The highest BCUT2D eigenvalue weighted by atomic mass is 16.6. The van der Waals surface area contributed by atoms with Crippen LogP contribution in [0, 0.1) is 17.8 Å². The molecule has 3 atom stereocenters. The predicted molar refractivity (Wildman–Crippen MR) is 183 cm³/mol. The molecule has 1 amide bonds. The lowest BCUT2D eigenvalue weighted by Gasteiger charge is -2.26. The number of carbonyl (C=O) groups is 5. The van der Waals surface area contributed by atoms with Crippen LogP contribution in [0.1, 0.15) is 65.0 Å². The molecule has 0 aromatic heterocycles. The molecule has 0 saturated heterocycles. The third-order valence-corrected chi connectivity index (χ3v) is 7.74. The van der Waals surface area contributed by atoms with Crippen LogP contribution >= 0.6 is 0 Å². The summed E-state index contributed by atoms with van der Waals surface area (Å²) in [5.41, 5.74) is 0.768. The molecule has 0 aliphatic heterocycles. The number of fused-ring (bicyclic) bond motifs is 1. The molecule has 256 valence electrons. The Hall–Kier alpha value is -4.79. The van der Waals surface area contributed by atoms with Gasteiger partial charge in [-0.1, -0.05) is 99.3 Å². The van der Waals surface area contributed by atoms with Crippen molar-refractivity contribution in [2.45, 2.75) is 78.6 Å². The van der Waals surface area contributed by atoms with Crippen LogP contribution in [0.25, 0.3) is 10.8 Å². The molecule has 0 aliphatic carbocycles. The molecule has 3 aromatic carbocycles. The number of benzene rings is 3. The van der Waals surface area contributed by atoms with Gasteiger partial charge in [-0.05, 0) is 48.6 Å². The van der Waals surface area contributed by atoms with Crippen LogP contribution in [0.15, 0.2) is 85.5 Å². The van der Waals surface area contributed by atoms with Crippen molar-refractivity contribution >= 4 is 40.4 Å². The standard InChI is InChI=1S/C39H47NO8/c1-7-20-46-38(45)32(26(2)3)24-34(41)33(21-29-18-13-17-28-16-11-12-19-31(28)29)40-37(44)30(23-36(43)48-39(4,5)6)22-35(42)47-25-27-14-9-8-10-15-27/h7-19,26,30,32-33H,1,20-25H2,2-6H3,(H,40,44)/t30-,32-,33-/m0/s1. The molecule has 9 heteroatoms. The van der Waals surface area contributed by atoms with Gasteiger partial charge in [0.15, 0.2) is 5.78 Å². The van der Waals surface area contributed by atoms with Crippen LogP contribution < -0.4 is 5.32 Å². The Morgan fingerprint density at radius 3 is 2.12 bits per heavy atom. The first kappa shape index (κ1) is 37.7. The molecule has 0 fully saturated rings. The molecule has 0 saturated carbocycles. The monoisotopic (exact) mass is 657 g/mol. The van der Waals surface area contributed by atoms with Gasteiger partial charge in [-0.15, -0.1) is 0 Å². The van der Waals surface area contributed by atoms with E-state index in [0.717, 1.165) is 21.9 Å². The zero-order valence-corrected chi connectivity index (χ0v) is 28.5. The number of esters is 3. The summed E-state index contributed by atoms with van der Waals surface area (Å²) in [5, 5.41) is 4.70. The number of nitrogens with one attached hydrogen (secondary N) is 1. The van der Waals surface area contributed by atoms with Crippen molar-refractivity contribution in [1.29, 1.82) is 0 Å². The third kappa shape index (κ3) is 12.1.